The number of nitrogens with zero attached hydrogens (tertiary/aromatic N) is 2. The van der Waals surface area contributed by atoms with Gasteiger partial charge in [0.05, 0.1) is 11.9 Å². The molecule has 0 bridgehead atoms. The lowest BCUT2D eigenvalue weighted by Gasteiger charge is -2.11. The van der Waals surface area contributed by atoms with Gasteiger partial charge in [-0.1, -0.05) is 38.5 Å². The van der Waals surface area contributed by atoms with E-state index in [-0.39, 0.29) is 0 Å². The van der Waals surface area contributed by atoms with Gasteiger partial charge in [0, 0.05) is 7.05 Å². The summed E-state index contributed by atoms with van der Waals surface area (Å²) in [5.74, 6) is 1.54. The quantitative estimate of drug-likeness (QED) is 0.639. The van der Waals surface area contributed by atoms with E-state index in [0.717, 1.165) is 24.4 Å². The minimum absolute atomic E-state index is 0.474. The number of hydrogen-bond acceptors (Lipinski definition) is 1. The van der Waals surface area contributed by atoms with E-state index in [1.54, 1.807) is 0 Å². The Labute approximate surface area is 117 Å². The fourth-order valence-electron chi connectivity index (χ4n) is 2.02. The number of rotatable bonds is 7. The highest BCUT2D eigenvalue weighted by Gasteiger charge is 2.11. The molecule has 1 rings (SSSR count). The van der Waals surface area contributed by atoms with Crippen molar-refractivity contribution in [1.29, 1.82) is 0 Å². The fraction of sp³-hybridized carbons (Fsp3) is 0.471. The molecule has 0 saturated heterocycles. The van der Waals surface area contributed by atoms with Gasteiger partial charge in [-0.15, -0.1) is 6.58 Å². The molecule has 0 aliphatic rings. The molecule has 0 amide bonds. The number of hydrogen-bond donors (Lipinski definition) is 0. The molecule has 0 aromatic carbocycles. The van der Waals surface area contributed by atoms with E-state index in [1.165, 1.54) is 12.0 Å². The van der Waals surface area contributed by atoms with Crippen molar-refractivity contribution in [3.05, 3.63) is 42.5 Å². The summed E-state index contributed by atoms with van der Waals surface area (Å²) in [6.45, 7) is 10.3. The minimum atomic E-state index is 0.474. The smallest absolute Gasteiger partial charge is 0.135 e. The molecule has 104 valence electrons. The van der Waals surface area contributed by atoms with Gasteiger partial charge in [-0.25, -0.2) is 4.98 Å². The zero-order valence-electron chi connectivity index (χ0n) is 12.7. The fourth-order valence-corrected chi connectivity index (χ4v) is 2.02. The zero-order valence-corrected chi connectivity index (χ0v) is 12.7. The van der Waals surface area contributed by atoms with Crippen LogP contribution >= 0.6 is 0 Å². The SMILES string of the molecule is C=CC(C)C/C(=C\C)c1ncc(/C=C\CCC)n1C. The van der Waals surface area contributed by atoms with Gasteiger partial charge in [0.2, 0.25) is 0 Å². The number of allylic oxidation sites excluding steroid dienone is 4. The minimum Gasteiger partial charge on any atom is -0.328 e. The Morgan fingerprint density at radius 2 is 2.26 bits per heavy atom. The normalized spacial score (nSPS) is 14.0. The third-order valence-electron chi connectivity index (χ3n) is 3.35. The summed E-state index contributed by atoms with van der Waals surface area (Å²) in [4.78, 5) is 4.56. The molecule has 2 nitrogen and oxygen atoms in total. The third kappa shape index (κ3) is 4.23. The van der Waals surface area contributed by atoms with Gasteiger partial charge < -0.3 is 4.57 Å². The van der Waals surface area contributed by atoms with E-state index in [9.17, 15) is 0 Å². The number of aromatic nitrogens is 2. The monoisotopic (exact) mass is 258 g/mol. The van der Waals surface area contributed by atoms with Gasteiger partial charge in [0.1, 0.15) is 5.82 Å². The van der Waals surface area contributed by atoms with Crippen molar-refractivity contribution in [3.8, 4) is 0 Å². The van der Waals surface area contributed by atoms with Crippen molar-refractivity contribution in [2.45, 2.75) is 40.0 Å². The van der Waals surface area contributed by atoms with E-state index in [2.05, 4.69) is 62.2 Å². The van der Waals surface area contributed by atoms with Crippen LogP contribution in [0.15, 0.2) is 31.0 Å². The molecule has 1 aromatic heterocycles. The molecule has 1 aromatic rings. The summed E-state index contributed by atoms with van der Waals surface area (Å²) < 4.78 is 2.16. The highest BCUT2D eigenvalue weighted by molar-refractivity contribution is 5.62. The van der Waals surface area contributed by atoms with Crippen LogP contribution in [0, 0.1) is 5.92 Å². The Morgan fingerprint density at radius 3 is 2.84 bits per heavy atom. The number of imidazole rings is 1. The first kappa shape index (κ1) is 15.5. The molecule has 1 atom stereocenters. The van der Waals surface area contributed by atoms with E-state index in [1.807, 2.05) is 12.3 Å². The van der Waals surface area contributed by atoms with Crippen molar-refractivity contribution >= 4 is 11.6 Å². The first-order chi connectivity index (χ1) is 9.13. The van der Waals surface area contributed by atoms with Crippen molar-refractivity contribution < 1.29 is 0 Å². The second-order valence-corrected chi connectivity index (χ2v) is 4.99. The molecule has 1 heterocycles. The van der Waals surface area contributed by atoms with Crippen LogP contribution in [0.25, 0.3) is 11.6 Å². The predicted molar refractivity (Wildman–Crippen MR) is 84.8 cm³/mol. The van der Waals surface area contributed by atoms with Gasteiger partial charge in [0.15, 0.2) is 0 Å². The summed E-state index contributed by atoms with van der Waals surface area (Å²) in [7, 11) is 2.08. The molecule has 19 heavy (non-hydrogen) atoms. The molecule has 0 aliphatic heterocycles. The maximum Gasteiger partial charge on any atom is 0.135 e. The predicted octanol–water partition coefficient (Wildman–Crippen LogP) is 4.85. The maximum atomic E-state index is 4.56. The summed E-state index contributed by atoms with van der Waals surface area (Å²) in [5.41, 5.74) is 2.44. The molecule has 1 unspecified atom stereocenters. The summed E-state index contributed by atoms with van der Waals surface area (Å²) >= 11 is 0. The van der Waals surface area contributed by atoms with Gasteiger partial charge >= 0.3 is 0 Å². The van der Waals surface area contributed by atoms with E-state index < -0.39 is 0 Å². The summed E-state index contributed by atoms with van der Waals surface area (Å²) in [6.07, 6.45) is 13.7. The second kappa shape index (κ2) is 7.78. The molecule has 0 spiro atoms. The lowest BCUT2D eigenvalue weighted by molar-refractivity contribution is 0.743. The van der Waals surface area contributed by atoms with Crippen LogP contribution < -0.4 is 0 Å². The lowest BCUT2D eigenvalue weighted by Crippen LogP contribution is -2.01. The zero-order chi connectivity index (χ0) is 14.3. The highest BCUT2D eigenvalue weighted by atomic mass is 15.1. The van der Waals surface area contributed by atoms with Gasteiger partial charge in [-0.2, -0.15) is 0 Å². The molecule has 0 N–H and O–H groups in total. The second-order valence-electron chi connectivity index (χ2n) is 4.99. The van der Waals surface area contributed by atoms with Crippen molar-refractivity contribution in [2.24, 2.45) is 13.0 Å². The Kier molecular flexibility index (Phi) is 6.34. The van der Waals surface area contributed by atoms with Crippen LogP contribution in [-0.2, 0) is 7.05 Å². The van der Waals surface area contributed by atoms with Crippen molar-refractivity contribution in [1.82, 2.24) is 9.55 Å². The largest absolute Gasteiger partial charge is 0.328 e. The average molecular weight is 258 g/mol. The lowest BCUT2D eigenvalue weighted by atomic mass is 10.0. The van der Waals surface area contributed by atoms with Crippen LogP contribution in [-0.4, -0.2) is 9.55 Å². The van der Waals surface area contributed by atoms with Gasteiger partial charge in [-0.3, -0.25) is 0 Å². The third-order valence-corrected chi connectivity index (χ3v) is 3.35. The molecule has 0 radical (unpaired) electrons. The average Bonchev–Trinajstić information content (AvgIpc) is 2.78. The molecule has 0 aliphatic carbocycles. The van der Waals surface area contributed by atoms with Crippen LogP contribution in [0.2, 0.25) is 0 Å². The van der Waals surface area contributed by atoms with Crippen molar-refractivity contribution in [3.63, 3.8) is 0 Å². The molecule has 0 saturated carbocycles. The molecule has 0 fully saturated rings. The van der Waals surface area contributed by atoms with Crippen LogP contribution in [0.3, 0.4) is 0 Å². The number of unbranched alkanes of at least 4 members (excludes halogenated alkanes) is 1. The molecular formula is C17H26N2. The topological polar surface area (TPSA) is 17.8 Å². The summed E-state index contributed by atoms with van der Waals surface area (Å²) in [5, 5.41) is 0. The van der Waals surface area contributed by atoms with E-state index >= 15 is 0 Å². The van der Waals surface area contributed by atoms with Crippen molar-refractivity contribution in [2.75, 3.05) is 0 Å². The highest BCUT2D eigenvalue weighted by Crippen LogP contribution is 2.23. The first-order valence-corrected chi connectivity index (χ1v) is 7.10. The molecule has 2 heteroatoms. The maximum absolute atomic E-state index is 4.56. The van der Waals surface area contributed by atoms with Crippen LogP contribution in [0.4, 0.5) is 0 Å². The Bertz CT molecular complexity index is 464. The van der Waals surface area contributed by atoms with Crippen LogP contribution in [0.5, 0.6) is 0 Å². The van der Waals surface area contributed by atoms with Gasteiger partial charge in [0.25, 0.3) is 0 Å². The molecular weight excluding hydrogens is 232 g/mol. The summed E-state index contributed by atoms with van der Waals surface area (Å²) in [6, 6.07) is 0. The Balaban J connectivity index is 2.92. The standard InChI is InChI=1S/C17H26N2/c1-6-9-10-11-16-13-18-17(19(16)5)15(8-3)12-14(4)7-2/h7-8,10-11,13-14H,2,6,9,12H2,1,3-5H3/b11-10-,15-8+. The Hall–Kier alpha value is -1.57. The first-order valence-electron chi connectivity index (χ1n) is 7.10. The van der Waals surface area contributed by atoms with Crippen LogP contribution in [0.1, 0.15) is 51.6 Å². The van der Waals surface area contributed by atoms with E-state index in [0.29, 0.717) is 5.92 Å². The Morgan fingerprint density at radius 1 is 1.53 bits per heavy atom. The van der Waals surface area contributed by atoms with E-state index in [4.69, 9.17) is 0 Å². The van der Waals surface area contributed by atoms with Gasteiger partial charge in [-0.05, 0) is 37.3 Å².